The fourth-order valence-corrected chi connectivity index (χ4v) is 3.80. The van der Waals surface area contributed by atoms with Crippen molar-refractivity contribution < 1.29 is 4.39 Å². The number of aromatic nitrogens is 1. The predicted molar refractivity (Wildman–Crippen MR) is 81.2 cm³/mol. The molecule has 0 saturated heterocycles. The minimum Gasteiger partial charge on any atom is -0.314 e. The summed E-state index contributed by atoms with van der Waals surface area (Å²) in [4.78, 5) is 12.5. The van der Waals surface area contributed by atoms with Gasteiger partial charge in [-0.15, -0.1) is 11.3 Å². The second-order valence-electron chi connectivity index (χ2n) is 4.69. The van der Waals surface area contributed by atoms with Crippen LogP contribution in [0, 0.1) is 17.1 Å². The first kappa shape index (κ1) is 12.1. The fraction of sp³-hybridized carbons (Fsp3) is 0. The first-order valence-corrected chi connectivity index (χ1v) is 7.07. The van der Waals surface area contributed by atoms with Gasteiger partial charge in [-0.25, -0.2) is 4.39 Å². The van der Waals surface area contributed by atoms with Crippen LogP contribution >= 0.6 is 11.3 Å². The number of hydrogen-bond acceptors (Lipinski definition) is 3. The highest BCUT2D eigenvalue weighted by atomic mass is 32.1. The van der Waals surface area contributed by atoms with Crippen LogP contribution < -0.4 is 5.43 Å². The topological polar surface area (TPSA) is 45.3 Å². The Bertz CT molecular complexity index is 1130. The van der Waals surface area contributed by atoms with E-state index in [1.54, 1.807) is 18.2 Å². The molecule has 0 atom stereocenters. The van der Waals surface area contributed by atoms with E-state index in [0.29, 0.717) is 14.9 Å². The van der Waals surface area contributed by atoms with E-state index in [0.717, 1.165) is 10.9 Å². The van der Waals surface area contributed by atoms with Crippen LogP contribution in [-0.4, -0.2) is 4.40 Å². The van der Waals surface area contributed by atoms with Crippen LogP contribution in [-0.2, 0) is 0 Å². The van der Waals surface area contributed by atoms with Crippen molar-refractivity contribution in [1.29, 1.82) is 5.26 Å². The Morgan fingerprint density at radius 3 is 2.90 bits per heavy atom. The molecule has 4 rings (SSSR count). The van der Waals surface area contributed by atoms with E-state index in [1.165, 1.54) is 23.5 Å². The normalized spacial score (nSPS) is 11.2. The van der Waals surface area contributed by atoms with Crippen LogP contribution in [0.15, 0.2) is 47.4 Å². The molecule has 0 aliphatic heterocycles. The lowest BCUT2D eigenvalue weighted by Gasteiger charge is -2.05. The molecule has 5 heteroatoms. The predicted octanol–water partition coefficient (Wildman–Crippen LogP) is 3.68. The Morgan fingerprint density at radius 1 is 1.24 bits per heavy atom. The van der Waals surface area contributed by atoms with Crippen LogP contribution in [0.5, 0.6) is 0 Å². The minimum atomic E-state index is -0.337. The molecule has 0 N–H and O–H groups in total. The number of pyridine rings is 2. The number of hydrogen-bond donors (Lipinski definition) is 0. The third-order valence-electron chi connectivity index (χ3n) is 3.53. The van der Waals surface area contributed by atoms with Crippen LogP contribution in [0.2, 0.25) is 0 Å². The van der Waals surface area contributed by atoms with Crippen molar-refractivity contribution in [2.45, 2.75) is 0 Å². The lowest BCUT2D eigenvalue weighted by atomic mass is 10.1. The van der Waals surface area contributed by atoms with Crippen LogP contribution in [0.1, 0.15) is 5.56 Å². The van der Waals surface area contributed by atoms with Gasteiger partial charge < -0.3 is 4.40 Å². The molecular weight excluding hydrogens is 287 g/mol. The smallest absolute Gasteiger partial charge is 0.217 e. The number of benzene rings is 1. The van der Waals surface area contributed by atoms with Crippen molar-refractivity contribution in [3.05, 3.63) is 64.2 Å². The quantitative estimate of drug-likeness (QED) is 0.496. The number of thiophene rings is 1. The standard InChI is InChI=1S/C16H7FN2OS/c17-9-4-5-10-13(7-9)21-16-14(10)19-6-2-1-3-12(19)11(8-18)15(16)20/h1-7H. The van der Waals surface area contributed by atoms with Crippen LogP contribution in [0.4, 0.5) is 4.39 Å². The molecule has 0 aliphatic carbocycles. The Morgan fingerprint density at radius 2 is 2.10 bits per heavy atom. The third-order valence-corrected chi connectivity index (χ3v) is 4.67. The molecule has 3 aromatic heterocycles. The van der Waals surface area contributed by atoms with Gasteiger partial charge in [-0.05, 0) is 30.3 Å². The van der Waals surface area contributed by atoms with E-state index < -0.39 is 0 Å². The van der Waals surface area contributed by atoms with Crippen molar-refractivity contribution >= 4 is 37.2 Å². The Hall–Kier alpha value is -2.71. The number of nitriles is 1. The van der Waals surface area contributed by atoms with Gasteiger partial charge in [-0.1, -0.05) is 6.07 Å². The van der Waals surface area contributed by atoms with Crippen molar-refractivity contribution in [2.24, 2.45) is 0 Å². The van der Waals surface area contributed by atoms with Gasteiger partial charge in [0.2, 0.25) is 5.43 Å². The molecule has 0 spiro atoms. The van der Waals surface area contributed by atoms with E-state index >= 15 is 0 Å². The summed E-state index contributed by atoms with van der Waals surface area (Å²) in [6.45, 7) is 0. The summed E-state index contributed by atoms with van der Waals surface area (Å²) >= 11 is 1.22. The van der Waals surface area contributed by atoms with Crippen LogP contribution in [0.25, 0.3) is 25.8 Å². The second kappa shape index (κ2) is 4.14. The molecule has 21 heavy (non-hydrogen) atoms. The summed E-state index contributed by atoms with van der Waals surface area (Å²) in [6.07, 6.45) is 1.81. The number of rotatable bonds is 0. The van der Waals surface area contributed by atoms with Crippen molar-refractivity contribution in [3.8, 4) is 6.07 Å². The number of nitrogens with zero attached hydrogens (tertiary/aromatic N) is 2. The van der Waals surface area contributed by atoms with E-state index in [-0.39, 0.29) is 16.8 Å². The van der Waals surface area contributed by atoms with E-state index in [9.17, 15) is 14.4 Å². The molecule has 0 aliphatic rings. The van der Waals surface area contributed by atoms with Gasteiger partial charge in [0, 0.05) is 16.3 Å². The molecule has 1 aromatic carbocycles. The molecule has 0 amide bonds. The average molecular weight is 294 g/mol. The summed E-state index contributed by atoms with van der Waals surface area (Å²) in [5, 5.41) is 10.1. The summed E-state index contributed by atoms with van der Waals surface area (Å²) in [7, 11) is 0. The monoisotopic (exact) mass is 294 g/mol. The summed E-state index contributed by atoms with van der Waals surface area (Å²) < 4.78 is 16.4. The van der Waals surface area contributed by atoms with Gasteiger partial charge in [-0.3, -0.25) is 4.79 Å². The molecule has 0 fully saturated rings. The summed E-state index contributed by atoms with van der Waals surface area (Å²) in [5.74, 6) is -0.337. The minimum absolute atomic E-state index is 0.120. The van der Waals surface area contributed by atoms with Crippen molar-refractivity contribution in [3.63, 3.8) is 0 Å². The maximum atomic E-state index is 13.4. The zero-order chi connectivity index (χ0) is 14.6. The number of halogens is 1. The maximum Gasteiger partial charge on any atom is 0.217 e. The fourth-order valence-electron chi connectivity index (χ4n) is 2.63. The molecule has 0 saturated carbocycles. The molecule has 0 unspecified atom stereocenters. The molecule has 4 aromatic rings. The van der Waals surface area contributed by atoms with E-state index in [1.807, 2.05) is 22.7 Å². The lowest BCUT2D eigenvalue weighted by Crippen LogP contribution is -2.09. The lowest BCUT2D eigenvalue weighted by molar-refractivity contribution is 0.630. The van der Waals surface area contributed by atoms with Crippen LogP contribution in [0.3, 0.4) is 0 Å². The highest BCUT2D eigenvalue weighted by molar-refractivity contribution is 7.25. The molecule has 3 nitrogen and oxygen atoms in total. The number of fused-ring (bicyclic) bond motifs is 5. The van der Waals surface area contributed by atoms with Gasteiger partial charge >= 0.3 is 0 Å². The Labute approximate surface area is 122 Å². The summed E-state index contributed by atoms with van der Waals surface area (Å²) in [6, 6.07) is 11.8. The highest BCUT2D eigenvalue weighted by Crippen LogP contribution is 2.33. The molecular formula is C16H7FN2OS. The van der Waals surface area contributed by atoms with Gasteiger partial charge in [0.25, 0.3) is 0 Å². The van der Waals surface area contributed by atoms with E-state index in [2.05, 4.69) is 0 Å². The maximum absolute atomic E-state index is 13.4. The highest BCUT2D eigenvalue weighted by Gasteiger charge is 2.16. The molecule has 0 radical (unpaired) electrons. The van der Waals surface area contributed by atoms with Crippen molar-refractivity contribution in [2.75, 3.05) is 0 Å². The first-order chi connectivity index (χ1) is 10.2. The van der Waals surface area contributed by atoms with E-state index in [4.69, 9.17) is 0 Å². The second-order valence-corrected chi connectivity index (χ2v) is 5.74. The van der Waals surface area contributed by atoms with Crippen molar-refractivity contribution in [1.82, 2.24) is 4.40 Å². The zero-order valence-corrected chi connectivity index (χ0v) is 11.4. The average Bonchev–Trinajstić information content (AvgIpc) is 2.87. The molecule has 3 heterocycles. The largest absolute Gasteiger partial charge is 0.314 e. The Balaban J connectivity index is 2.42. The van der Waals surface area contributed by atoms with Gasteiger partial charge in [0.05, 0.1) is 11.0 Å². The Kier molecular flexibility index (Phi) is 2.38. The van der Waals surface area contributed by atoms with Gasteiger partial charge in [0.1, 0.15) is 22.1 Å². The zero-order valence-electron chi connectivity index (χ0n) is 10.6. The third kappa shape index (κ3) is 1.54. The molecule has 100 valence electrons. The molecule has 0 bridgehead atoms. The summed E-state index contributed by atoms with van der Waals surface area (Å²) in [5.41, 5.74) is 1.13. The SMILES string of the molecule is N#Cc1c(=O)c2sc3cc(F)ccc3c2n2ccccc12. The first-order valence-electron chi connectivity index (χ1n) is 6.26. The van der Waals surface area contributed by atoms with Gasteiger partial charge in [-0.2, -0.15) is 5.26 Å². The van der Waals surface area contributed by atoms with Gasteiger partial charge in [0.15, 0.2) is 0 Å².